The minimum absolute atomic E-state index is 0.118. The summed E-state index contributed by atoms with van der Waals surface area (Å²) in [5, 5.41) is 9.48. The van der Waals surface area contributed by atoms with E-state index in [0.29, 0.717) is 17.3 Å². The molecule has 5 nitrogen and oxygen atoms in total. The fourth-order valence-electron chi connectivity index (χ4n) is 2.68. The number of sulfonamides is 1. The van der Waals surface area contributed by atoms with Gasteiger partial charge in [-0.3, -0.25) is 4.79 Å². The lowest BCUT2D eigenvalue weighted by Crippen LogP contribution is -2.52. The van der Waals surface area contributed by atoms with Crippen LogP contribution in [-0.4, -0.2) is 35.9 Å². The highest BCUT2D eigenvalue weighted by Crippen LogP contribution is 2.37. The van der Waals surface area contributed by atoms with Crippen LogP contribution in [-0.2, 0) is 14.8 Å². The molecule has 0 amide bonds. The highest BCUT2D eigenvalue weighted by Gasteiger charge is 2.51. The normalized spacial score (nSPS) is 23.9. The number of benzene rings is 1. The zero-order valence-electron chi connectivity index (χ0n) is 11.0. The van der Waals surface area contributed by atoms with Crippen LogP contribution in [0.4, 0.5) is 0 Å². The largest absolute Gasteiger partial charge is 0.480 e. The molecule has 7 heteroatoms. The van der Waals surface area contributed by atoms with Crippen molar-refractivity contribution in [2.75, 3.05) is 6.54 Å². The molecule has 1 fully saturated rings. The average Bonchev–Trinajstić information content (AvgIpc) is 2.84. The van der Waals surface area contributed by atoms with E-state index in [0.717, 1.165) is 4.31 Å². The summed E-state index contributed by atoms with van der Waals surface area (Å²) in [6.45, 7) is 1.96. The van der Waals surface area contributed by atoms with Crippen molar-refractivity contribution in [3.8, 4) is 0 Å². The second-order valence-electron chi connectivity index (χ2n) is 4.83. The summed E-state index contributed by atoms with van der Waals surface area (Å²) in [7, 11) is -3.80. The van der Waals surface area contributed by atoms with Gasteiger partial charge in [0.15, 0.2) is 0 Å². The van der Waals surface area contributed by atoms with E-state index in [1.807, 2.05) is 0 Å². The van der Waals surface area contributed by atoms with E-state index in [9.17, 15) is 18.3 Å². The molecule has 110 valence electrons. The molecule has 1 saturated heterocycles. The van der Waals surface area contributed by atoms with Crippen molar-refractivity contribution in [1.29, 1.82) is 0 Å². The van der Waals surface area contributed by atoms with E-state index in [4.69, 9.17) is 0 Å². The van der Waals surface area contributed by atoms with Gasteiger partial charge in [0.1, 0.15) is 5.54 Å². The van der Waals surface area contributed by atoms with E-state index in [1.54, 1.807) is 19.1 Å². The van der Waals surface area contributed by atoms with Gasteiger partial charge < -0.3 is 5.11 Å². The quantitative estimate of drug-likeness (QED) is 0.893. The van der Waals surface area contributed by atoms with E-state index in [1.165, 1.54) is 12.1 Å². The number of aliphatic carboxylic acids is 1. The van der Waals surface area contributed by atoms with Crippen molar-refractivity contribution in [3.63, 3.8) is 0 Å². The van der Waals surface area contributed by atoms with Crippen molar-refractivity contribution in [2.24, 2.45) is 0 Å². The number of halogens is 1. The maximum atomic E-state index is 12.7. The molecule has 2 rings (SSSR count). The topological polar surface area (TPSA) is 74.7 Å². The van der Waals surface area contributed by atoms with Crippen molar-refractivity contribution in [3.05, 3.63) is 28.7 Å². The van der Waals surface area contributed by atoms with Crippen LogP contribution >= 0.6 is 15.9 Å². The number of rotatable bonds is 4. The molecular formula is C13H16BrNO4S. The Morgan fingerprint density at radius 1 is 1.50 bits per heavy atom. The van der Waals surface area contributed by atoms with Crippen molar-refractivity contribution < 1.29 is 18.3 Å². The summed E-state index contributed by atoms with van der Waals surface area (Å²) >= 11 is 3.24. The molecule has 1 N–H and O–H groups in total. The van der Waals surface area contributed by atoms with Crippen LogP contribution in [0.2, 0.25) is 0 Å². The zero-order valence-corrected chi connectivity index (χ0v) is 13.4. The SMILES string of the molecule is CCC1(C(=O)O)CCCN1S(=O)(=O)c1cccc(Br)c1. The Labute approximate surface area is 126 Å². The Kier molecular flexibility index (Phi) is 4.22. The molecule has 0 radical (unpaired) electrons. The fourth-order valence-corrected chi connectivity index (χ4v) is 5.14. The zero-order chi connectivity index (χ0) is 15.0. The maximum Gasteiger partial charge on any atom is 0.325 e. The Bertz CT molecular complexity index is 631. The first kappa shape index (κ1) is 15.5. The van der Waals surface area contributed by atoms with E-state index < -0.39 is 21.5 Å². The van der Waals surface area contributed by atoms with Gasteiger partial charge in [0.05, 0.1) is 4.90 Å². The molecule has 20 heavy (non-hydrogen) atoms. The lowest BCUT2D eigenvalue weighted by molar-refractivity contribution is -0.147. The van der Waals surface area contributed by atoms with Crippen LogP contribution in [0.25, 0.3) is 0 Å². The second kappa shape index (κ2) is 5.46. The van der Waals surface area contributed by atoms with Gasteiger partial charge in [0, 0.05) is 11.0 Å². The first-order valence-electron chi connectivity index (χ1n) is 6.36. The summed E-state index contributed by atoms with van der Waals surface area (Å²) in [6, 6.07) is 6.34. The minimum Gasteiger partial charge on any atom is -0.480 e. The Balaban J connectivity index is 2.51. The molecule has 0 aliphatic carbocycles. The summed E-state index contributed by atoms with van der Waals surface area (Å²) in [4.78, 5) is 11.7. The van der Waals surface area contributed by atoms with E-state index in [-0.39, 0.29) is 17.9 Å². The predicted octanol–water partition coefficient (Wildman–Crippen LogP) is 2.47. The van der Waals surface area contributed by atoms with Crippen molar-refractivity contribution >= 4 is 31.9 Å². The van der Waals surface area contributed by atoms with Gasteiger partial charge in [0.25, 0.3) is 0 Å². The fraction of sp³-hybridized carbons (Fsp3) is 0.462. The Morgan fingerprint density at radius 2 is 2.20 bits per heavy atom. The van der Waals surface area contributed by atoms with Crippen LogP contribution in [0.3, 0.4) is 0 Å². The van der Waals surface area contributed by atoms with Gasteiger partial charge in [-0.25, -0.2) is 8.42 Å². The third-order valence-electron chi connectivity index (χ3n) is 3.80. The number of hydrogen-bond acceptors (Lipinski definition) is 3. The summed E-state index contributed by atoms with van der Waals surface area (Å²) in [6.07, 6.45) is 1.18. The van der Waals surface area contributed by atoms with Crippen LogP contribution in [0.15, 0.2) is 33.6 Å². The number of carbonyl (C=O) groups is 1. The molecule has 1 aliphatic rings. The molecule has 0 bridgehead atoms. The van der Waals surface area contributed by atoms with Gasteiger partial charge in [0.2, 0.25) is 10.0 Å². The predicted molar refractivity (Wildman–Crippen MR) is 77.9 cm³/mol. The second-order valence-corrected chi connectivity index (χ2v) is 7.61. The lowest BCUT2D eigenvalue weighted by Gasteiger charge is -2.32. The van der Waals surface area contributed by atoms with Crippen LogP contribution in [0.5, 0.6) is 0 Å². The lowest BCUT2D eigenvalue weighted by atomic mass is 9.95. The van der Waals surface area contributed by atoms with E-state index in [2.05, 4.69) is 15.9 Å². The average molecular weight is 362 g/mol. The molecule has 1 aromatic carbocycles. The van der Waals surface area contributed by atoms with Gasteiger partial charge >= 0.3 is 5.97 Å². The number of carboxylic acid groups (broad SMARTS) is 1. The van der Waals surface area contributed by atoms with Crippen LogP contribution < -0.4 is 0 Å². The summed E-state index contributed by atoms with van der Waals surface area (Å²) < 4.78 is 27.2. The number of hydrogen-bond donors (Lipinski definition) is 1. The third kappa shape index (κ3) is 2.38. The van der Waals surface area contributed by atoms with Crippen molar-refractivity contribution in [1.82, 2.24) is 4.31 Å². The van der Waals surface area contributed by atoms with Crippen LogP contribution in [0.1, 0.15) is 26.2 Å². The highest BCUT2D eigenvalue weighted by molar-refractivity contribution is 9.10. The molecular weight excluding hydrogens is 346 g/mol. The Hall–Kier alpha value is -0.920. The maximum absolute atomic E-state index is 12.7. The van der Waals surface area contributed by atoms with Crippen LogP contribution in [0, 0.1) is 0 Å². The molecule has 1 heterocycles. The standard InChI is InChI=1S/C13H16BrNO4S/c1-2-13(12(16)17)7-4-8-15(13)20(18,19)11-6-3-5-10(14)9-11/h3,5-6,9H,2,4,7-8H2,1H3,(H,16,17). The van der Waals surface area contributed by atoms with E-state index >= 15 is 0 Å². The molecule has 1 aromatic rings. The summed E-state index contributed by atoms with van der Waals surface area (Å²) in [5.74, 6) is -1.07. The van der Waals surface area contributed by atoms with Gasteiger partial charge in [-0.2, -0.15) is 4.31 Å². The first-order chi connectivity index (χ1) is 9.34. The molecule has 1 aliphatic heterocycles. The number of nitrogens with zero attached hydrogens (tertiary/aromatic N) is 1. The molecule has 0 saturated carbocycles. The summed E-state index contributed by atoms with van der Waals surface area (Å²) in [5.41, 5.74) is -1.32. The van der Waals surface area contributed by atoms with Gasteiger partial charge in [-0.15, -0.1) is 0 Å². The van der Waals surface area contributed by atoms with Gasteiger partial charge in [-0.1, -0.05) is 28.9 Å². The number of carboxylic acids is 1. The Morgan fingerprint density at radius 3 is 2.75 bits per heavy atom. The molecule has 1 unspecified atom stereocenters. The smallest absolute Gasteiger partial charge is 0.325 e. The van der Waals surface area contributed by atoms with Crippen molar-refractivity contribution in [2.45, 2.75) is 36.6 Å². The highest BCUT2D eigenvalue weighted by atomic mass is 79.9. The molecule has 0 aromatic heterocycles. The first-order valence-corrected chi connectivity index (χ1v) is 8.60. The minimum atomic E-state index is -3.80. The monoisotopic (exact) mass is 361 g/mol. The van der Waals surface area contributed by atoms with Gasteiger partial charge in [-0.05, 0) is 37.5 Å². The molecule has 1 atom stereocenters. The third-order valence-corrected chi connectivity index (χ3v) is 6.25. The molecule has 0 spiro atoms.